The highest BCUT2D eigenvalue weighted by Gasteiger charge is 2.29. The topological polar surface area (TPSA) is 59.4 Å². The number of methoxy groups -OCH3 is 1. The number of carboxylic acids is 1. The van der Waals surface area contributed by atoms with Gasteiger partial charge in [-0.1, -0.05) is 19.3 Å². The van der Waals surface area contributed by atoms with Gasteiger partial charge in [-0.05, 0) is 25.7 Å². The number of aryl methyl sites for hydroxylation is 1. The number of thiazole rings is 1. The fourth-order valence-electron chi connectivity index (χ4n) is 2.67. The Balaban J connectivity index is 2.21. The molecule has 0 saturated heterocycles. The van der Waals surface area contributed by atoms with Gasteiger partial charge in [0.1, 0.15) is 16.0 Å². The molecular weight excluding hydrogens is 250 g/mol. The fraction of sp³-hybridized carbons (Fsp3) is 0.692. The van der Waals surface area contributed by atoms with Crippen LogP contribution < -0.4 is 0 Å². The van der Waals surface area contributed by atoms with E-state index in [0.29, 0.717) is 16.5 Å². The summed E-state index contributed by atoms with van der Waals surface area (Å²) < 4.78 is 5.58. The molecule has 0 bridgehead atoms. The number of aromatic carboxylic acids is 1. The maximum Gasteiger partial charge on any atom is 0.347 e. The molecule has 100 valence electrons. The normalized spacial score (nSPS) is 18.8. The highest BCUT2D eigenvalue weighted by Crippen LogP contribution is 2.38. The largest absolute Gasteiger partial charge is 0.477 e. The first-order chi connectivity index (χ1) is 8.63. The van der Waals surface area contributed by atoms with Crippen molar-refractivity contribution in [2.45, 2.75) is 45.1 Å². The summed E-state index contributed by atoms with van der Waals surface area (Å²) in [5.74, 6) is -0.411. The van der Waals surface area contributed by atoms with Crippen LogP contribution in [0.1, 0.15) is 58.6 Å². The quantitative estimate of drug-likeness (QED) is 0.910. The lowest BCUT2D eigenvalue weighted by Gasteiger charge is -2.27. The molecule has 1 aliphatic rings. The van der Waals surface area contributed by atoms with Crippen LogP contribution in [0.15, 0.2) is 0 Å². The van der Waals surface area contributed by atoms with Crippen LogP contribution in [0.25, 0.3) is 0 Å². The Kier molecular flexibility index (Phi) is 4.35. The second-order valence-corrected chi connectivity index (χ2v) is 5.86. The molecule has 2 rings (SSSR count). The van der Waals surface area contributed by atoms with E-state index < -0.39 is 5.97 Å². The van der Waals surface area contributed by atoms with E-state index in [1.165, 1.54) is 30.6 Å². The second-order valence-electron chi connectivity index (χ2n) is 4.83. The number of carbonyl (C=O) groups is 1. The first-order valence-electron chi connectivity index (χ1n) is 6.37. The third kappa shape index (κ3) is 2.72. The molecule has 0 spiro atoms. The van der Waals surface area contributed by atoms with Crippen LogP contribution in [0.4, 0.5) is 0 Å². The molecule has 0 amide bonds. The van der Waals surface area contributed by atoms with Crippen molar-refractivity contribution >= 4 is 17.3 Å². The summed E-state index contributed by atoms with van der Waals surface area (Å²) in [5, 5.41) is 9.89. The van der Waals surface area contributed by atoms with E-state index >= 15 is 0 Å². The van der Waals surface area contributed by atoms with E-state index in [2.05, 4.69) is 4.98 Å². The zero-order valence-electron chi connectivity index (χ0n) is 10.8. The molecule has 1 aromatic heterocycles. The van der Waals surface area contributed by atoms with Crippen molar-refractivity contribution in [1.29, 1.82) is 0 Å². The molecular formula is C13H19NO3S. The Morgan fingerprint density at radius 2 is 2.11 bits per heavy atom. The van der Waals surface area contributed by atoms with Crippen molar-refractivity contribution in [2.24, 2.45) is 5.92 Å². The van der Waals surface area contributed by atoms with Gasteiger partial charge < -0.3 is 9.84 Å². The van der Waals surface area contributed by atoms with Crippen molar-refractivity contribution in [2.75, 3.05) is 7.11 Å². The van der Waals surface area contributed by atoms with Crippen LogP contribution in [-0.4, -0.2) is 23.2 Å². The molecule has 1 fully saturated rings. The van der Waals surface area contributed by atoms with Crippen LogP contribution >= 0.6 is 11.3 Å². The molecule has 1 atom stereocenters. The number of ether oxygens (including phenoxy) is 1. The van der Waals surface area contributed by atoms with Gasteiger partial charge in [0.05, 0.1) is 5.69 Å². The van der Waals surface area contributed by atoms with Gasteiger partial charge in [-0.15, -0.1) is 11.3 Å². The highest BCUT2D eigenvalue weighted by atomic mass is 32.1. The Hall–Kier alpha value is -0.940. The number of rotatable bonds is 4. The first kappa shape index (κ1) is 13.5. The molecule has 1 saturated carbocycles. The summed E-state index contributed by atoms with van der Waals surface area (Å²) in [6, 6.07) is 0. The summed E-state index contributed by atoms with van der Waals surface area (Å²) in [7, 11) is 1.69. The van der Waals surface area contributed by atoms with E-state index in [1.807, 2.05) is 0 Å². The van der Waals surface area contributed by atoms with E-state index in [-0.39, 0.29) is 6.10 Å². The Morgan fingerprint density at radius 3 is 2.61 bits per heavy atom. The zero-order valence-corrected chi connectivity index (χ0v) is 11.6. The summed E-state index contributed by atoms with van der Waals surface area (Å²) in [6.07, 6.45) is 6.03. The van der Waals surface area contributed by atoms with E-state index in [4.69, 9.17) is 9.84 Å². The third-order valence-corrected chi connectivity index (χ3v) is 4.79. The maximum atomic E-state index is 11.1. The first-order valence-corrected chi connectivity index (χ1v) is 7.18. The predicted molar refractivity (Wildman–Crippen MR) is 70.1 cm³/mol. The molecule has 1 aromatic rings. The predicted octanol–water partition coefficient (Wildman–Crippen LogP) is 3.42. The van der Waals surface area contributed by atoms with Crippen LogP contribution in [0.5, 0.6) is 0 Å². The number of hydrogen-bond acceptors (Lipinski definition) is 4. The van der Waals surface area contributed by atoms with Gasteiger partial charge in [0.15, 0.2) is 0 Å². The van der Waals surface area contributed by atoms with Crippen LogP contribution in [0, 0.1) is 12.8 Å². The average Bonchev–Trinajstić information content (AvgIpc) is 2.74. The van der Waals surface area contributed by atoms with Gasteiger partial charge in [0.25, 0.3) is 0 Å². The summed E-state index contributed by atoms with van der Waals surface area (Å²) in [4.78, 5) is 15.8. The van der Waals surface area contributed by atoms with Gasteiger partial charge in [-0.25, -0.2) is 9.78 Å². The number of aromatic nitrogens is 1. The molecule has 5 heteroatoms. The Labute approximate surface area is 111 Å². The van der Waals surface area contributed by atoms with Gasteiger partial charge >= 0.3 is 5.97 Å². The summed E-state index contributed by atoms with van der Waals surface area (Å²) in [6.45, 7) is 1.75. The number of carboxylic acid groups (broad SMARTS) is 1. The lowest BCUT2D eigenvalue weighted by molar-refractivity contribution is 0.0352. The molecule has 0 aromatic carbocycles. The third-order valence-electron chi connectivity index (χ3n) is 3.58. The van der Waals surface area contributed by atoms with E-state index in [1.54, 1.807) is 14.0 Å². The molecule has 0 aliphatic heterocycles. The summed E-state index contributed by atoms with van der Waals surface area (Å²) in [5.41, 5.74) is 0.598. The smallest absolute Gasteiger partial charge is 0.347 e. The molecule has 1 heterocycles. The second kappa shape index (κ2) is 5.80. The minimum atomic E-state index is -0.894. The molecule has 4 nitrogen and oxygen atoms in total. The molecule has 18 heavy (non-hydrogen) atoms. The van der Waals surface area contributed by atoms with Crippen molar-refractivity contribution in [1.82, 2.24) is 4.98 Å². The minimum absolute atomic E-state index is 0.0397. The van der Waals surface area contributed by atoms with Crippen LogP contribution in [0.3, 0.4) is 0 Å². The minimum Gasteiger partial charge on any atom is -0.477 e. The van der Waals surface area contributed by atoms with Crippen LogP contribution in [-0.2, 0) is 4.74 Å². The van der Waals surface area contributed by atoms with E-state index in [0.717, 1.165) is 17.8 Å². The van der Waals surface area contributed by atoms with E-state index in [9.17, 15) is 4.79 Å². The Morgan fingerprint density at radius 1 is 1.44 bits per heavy atom. The molecule has 1 N–H and O–H groups in total. The number of nitrogens with zero attached hydrogens (tertiary/aromatic N) is 1. The molecule has 1 unspecified atom stereocenters. The summed E-state index contributed by atoms with van der Waals surface area (Å²) >= 11 is 1.26. The maximum absolute atomic E-state index is 11.1. The van der Waals surface area contributed by atoms with Crippen molar-refractivity contribution < 1.29 is 14.6 Å². The van der Waals surface area contributed by atoms with Gasteiger partial charge in [-0.3, -0.25) is 0 Å². The van der Waals surface area contributed by atoms with Crippen molar-refractivity contribution in [3.63, 3.8) is 0 Å². The van der Waals surface area contributed by atoms with Gasteiger partial charge in [0.2, 0.25) is 0 Å². The van der Waals surface area contributed by atoms with Gasteiger partial charge in [-0.2, -0.15) is 0 Å². The van der Waals surface area contributed by atoms with Crippen molar-refractivity contribution in [3.05, 3.63) is 15.6 Å². The monoisotopic (exact) mass is 269 g/mol. The fourth-order valence-corrected chi connectivity index (χ4v) is 3.75. The van der Waals surface area contributed by atoms with Crippen molar-refractivity contribution in [3.8, 4) is 0 Å². The molecule has 0 radical (unpaired) electrons. The number of hydrogen-bond donors (Lipinski definition) is 1. The standard InChI is InChI=1S/C13H19NO3S/c1-8-11(13(15)16)18-12(14-8)10(17-2)9-6-4-3-5-7-9/h9-10H,3-7H2,1-2H3,(H,15,16). The van der Waals surface area contributed by atoms with Crippen LogP contribution in [0.2, 0.25) is 0 Å². The average molecular weight is 269 g/mol. The van der Waals surface area contributed by atoms with Gasteiger partial charge in [0, 0.05) is 7.11 Å². The lowest BCUT2D eigenvalue weighted by atomic mass is 9.85. The zero-order chi connectivity index (χ0) is 13.1. The molecule has 1 aliphatic carbocycles. The highest BCUT2D eigenvalue weighted by molar-refractivity contribution is 7.13. The SMILES string of the molecule is COC(c1nc(C)c(C(=O)O)s1)C1CCCCC1. The Bertz CT molecular complexity index is 424. The lowest BCUT2D eigenvalue weighted by Crippen LogP contribution is -2.17.